The molecule has 7 nitrogen and oxygen atoms in total. The lowest BCUT2D eigenvalue weighted by atomic mass is 9.75. The van der Waals surface area contributed by atoms with Gasteiger partial charge in [-0.15, -0.1) is 0 Å². The zero-order valence-corrected chi connectivity index (χ0v) is 20.8. The number of imide groups is 1. The maximum Gasteiger partial charge on any atom is 0.250 e. The zero-order valence-electron chi connectivity index (χ0n) is 20.8. The number of aryl methyl sites for hydroxylation is 1. The first-order valence-electron chi connectivity index (χ1n) is 12.7. The number of hydrogen-bond acceptors (Lipinski definition) is 5. The van der Waals surface area contributed by atoms with E-state index in [1.807, 2.05) is 68.4 Å². The lowest BCUT2D eigenvalue weighted by Crippen LogP contribution is -2.53. The van der Waals surface area contributed by atoms with E-state index in [0.29, 0.717) is 12.8 Å². The van der Waals surface area contributed by atoms with Crippen LogP contribution in [0.25, 0.3) is 0 Å². The molecule has 3 aliphatic heterocycles. The van der Waals surface area contributed by atoms with Crippen molar-refractivity contribution in [3.05, 3.63) is 94.5 Å². The van der Waals surface area contributed by atoms with Crippen molar-refractivity contribution in [2.75, 3.05) is 11.9 Å². The van der Waals surface area contributed by atoms with Crippen molar-refractivity contribution < 1.29 is 19.5 Å². The molecule has 3 amide bonds. The molecule has 3 aromatic carbocycles. The van der Waals surface area contributed by atoms with Gasteiger partial charge < -0.3 is 10.4 Å². The Morgan fingerprint density at radius 1 is 0.892 bits per heavy atom. The molecule has 0 radical (unpaired) electrons. The zero-order chi connectivity index (χ0) is 25.9. The summed E-state index contributed by atoms with van der Waals surface area (Å²) in [6.07, 6.45) is 1.00. The highest BCUT2D eigenvalue weighted by molar-refractivity contribution is 6.15. The summed E-state index contributed by atoms with van der Waals surface area (Å²) in [5.74, 6) is -2.16. The maximum absolute atomic E-state index is 14.0. The molecule has 188 valence electrons. The Morgan fingerprint density at radius 2 is 1.62 bits per heavy atom. The average Bonchev–Trinajstić information content (AvgIpc) is 3.47. The summed E-state index contributed by atoms with van der Waals surface area (Å²) in [4.78, 5) is 42.9. The van der Waals surface area contributed by atoms with Gasteiger partial charge in [0.25, 0.3) is 0 Å². The van der Waals surface area contributed by atoms with Crippen LogP contribution >= 0.6 is 0 Å². The van der Waals surface area contributed by atoms with Gasteiger partial charge in [-0.3, -0.25) is 24.6 Å². The van der Waals surface area contributed by atoms with Gasteiger partial charge >= 0.3 is 0 Å². The highest BCUT2D eigenvalue weighted by Crippen LogP contribution is 2.54. The van der Waals surface area contributed by atoms with Gasteiger partial charge in [0.15, 0.2) is 0 Å². The van der Waals surface area contributed by atoms with E-state index in [0.717, 1.165) is 33.5 Å². The van der Waals surface area contributed by atoms with Crippen molar-refractivity contribution in [3.63, 3.8) is 0 Å². The van der Waals surface area contributed by atoms with E-state index >= 15 is 0 Å². The van der Waals surface area contributed by atoms with E-state index in [1.165, 1.54) is 4.90 Å². The lowest BCUT2D eigenvalue weighted by molar-refractivity contribution is -0.142. The average molecular weight is 496 g/mol. The highest BCUT2D eigenvalue weighted by Gasteiger charge is 2.70. The number of carbonyl (C=O) groups excluding carboxylic acids is 3. The molecular formula is C30H29N3O4. The predicted octanol–water partition coefficient (Wildman–Crippen LogP) is 3.21. The first-order chi connectivity index (χ1) is 17.8. The van der Waals surface area contributed by atoms with Crippen LogP contribution in [0.1, 0.15) is 27.8 Å². The van der Waals surface area contributed by atoms with E-state index in [2.05, 4.69) is 10.6 Å². The third-order valence-electron chi connectivity index (χ3n) is 8.37. The molecule has 0 unspecified atom stereocenters. The molecule has 0 saturated carbocycles. The summed E-state index contributed by atoms with van der Waals surface area (Å²) < 4.78 is 0. The third-order valence-corrected chi connectivity index (χ3v) is 8.37. The fourth-order valence-corrected chi connectivity index (χ4v) is 6.35. The van der Waals surface area contributed by atoms with Crippen LogP contribution in [-0.2, 0) is 32.8 Å². The smallest absolute Gasteiger partial charge is 0.250 e. The number of phenols is 1. The second-order valence-electron chi connectivity index (χ2n) is 10.4. The third kappa shape index (κ3) is 3.49. The van der Waals surface area contributed by atoms with E-state index < -0.39 is 23.4 Å². The lowest BCUT2D eigenvalue weighted by Gasteiger charge is -2.29. The molecule has 37 heavy (non-hydrogen) atoms. The molecule has 1 spiro atoms. The Morgan fingerprint density at radius 3 is 2.35 bits per heavy atom. The van der Waals surface area contributed by atoms with Crippen molar-refractivity contribution in [1.82, 2.24) is 10.2 Å². The molecule has 2 saturated heterocycles. The molecule has 0 aromatic heterocycles. The van der Waals surface area contributed by atoms with Crippen LogP contribution in [0.15, 0.2) is 66.7 Å². The number of aromatic hydroxyl groups is 1. The van der Waals surface area contributed by atoms with Crippen molar-refractivity contribution in [2.24, 2.45) is 11.8 Å². The standard InChI is InChI=1S/C30H29N3O4/c1-17-8-13-22-26(18(17)2)31-29(37)30(22)25-24(23(32-30)16-20-9-11-21(34)12-10-20)27(35)33(28(25)36)15-14-19-6-4-3-5-7-19/h3-13,23-25,32,34H,14-16H2,1-2H3,(H,31,37)/t23-,24-,25+,30-/m1/s1. The number of likely N-dealkylation sites (tertiary alicyclic amines) is 1. The van der Waals surface area contributed by atoms with Gasteiger partial charge in [-0.05, 0) is 61.1 Å². The Balaban J connectivity index is 1.41. The maximum atomic E-state index is 14.0. The largest absolute Gasteiger partial charge is 0.508 e. The van der Waals surface area contributed by atoms with Gasteiger partial charge in [0.05, 0.1) is 11.8 Å². The van der Waals surface area contributed by atoms with E-state index in [4.69, 9.17) is 0 Å². The summed E-state index contributed by atoms with van der Waals surface area (Å²) in [5.41, 5.74) is 4.11. The fraction of sp³-hybridized carbons (Fsp3) is 0.300. The fourth-order valence-electron chi connectivity index (χ4n) is 6.35. The van der Waals surface area contributed by atoms with Crippen LogP contribution in [0.3, 0.4) is 0 Å². The van der Waals surface area contributed by atoms with Gasteiger partial charge in [-0.25, -0.2) is 0 Å². The van der Waals surface area contributed by atoms with Crippen LogP contribution in [-0.4, -0.2) is 40.3 Å². The number of nitrogens with zero attached hydrogens (tertiary/aromatic N) is 1. The van der Waals surface area contributed by atoms with Crippen molar-refractivity contribution in [1.29, 1.82) is 0 Å². The van der Waals surface area contributed by atoms with Crippen LogP contribution < -0.4 is 10.6 Å². The van der Waals surface area contributed by atoms with Crippen molar-refractivity contribution >= 4 is 23.4 Å². The number of carbonyl (C=O) groups is 3. The molecule has 3 aliphatic rings. The Kier molecular flexibility index (Phi) is 5.42. The number of fused-ring (bicyclic) bond motifs is 4. The molecule has 7 heteroatoms. The SMILES string of the molecule is Cc1ccc2c(c1C)NC(=O)[C@@]21N[C@H](Cc2ccc(O)cc2)[C@H]2C(=O)N(CCc3ccccc3)C(=O)[C@H]21. The summed E-state index contributed by atoms with van der Waals surface area (Å²) in [7, 11) is 0. The number of rotatable bonds is 5. The molecule has 3 heterocycles. The number of hydrogen-bond donors (Lipinski definition) is 3. The second-order valence-corrected chi connectivity index (χ2v) is 10.4. The first-order valence-corrected chi connectivity index (χ1v) is 12.7. The number of anilines is 1. The minimum Gasteiger partial charge on any atom is -0.508 e. The van der Waals surface area contributed by atoms with Crippen molar-refractivity contribution in [2.45, 2.75) is 38.3 Å². The normalized spacial score (nSPS) is 26.1. The van der Waals surface area contributed by atoms with Crippen molar-refractivity contribution in [3.8, 4) is 5.75 Å². The molecule has 4 atom stereocenters. The Hall–Kier alpha value is -3.97. The van der Waals surface area contributed by atoms with Gasteiger partial charge in [0, 0.05) is 23.8 Å². The monoisotopic (exact) mass is 495 g/mol. The van der Waals surface area contributed by atoms with E-state index in [9.17, 15) is 19.5 Å². The minimum atomic E-state index is -1.31. The molecule has 2 fully saturated rings. The van der Waals surface area contributed by atoms with Gasteiger partial charge in [-0.1, -0.05) is 54.6 Å². The summed E-state index contributed by atoms with van der Waals surface area (Å²) >= 11 is 0. The van der Waals surface area contributed by atoms with Gasteiger partial charge in [0.1, 0.15) is 11.3 Å². The van der Waals surface area contributed by atoms with Gasteiger partial charge in [0.2, 0.25) is 17.7 Å². The Labute approximate surface area is 215 Å². The topological polar surface area (TPSA) is 98.7 Å². The molecule has 3 N–H and O–H groups in total. The summed E-state index contributed by atoms with van der Waals surface area (Å²) in [5, 5.41) is 16.2. The minimum absolute atomic E-state index is 0.159. The van der Waals surface area contributed by atoms with Crippen LogP contribution in [0, 0.1) is 25.7 Å². The molecule has 0 aliphatic carbocycles. The summed E-state index contributed by atoms with van der Waals surface area (Å²) in [6.45, 7) is 4.22. The number of nitrogens with one attached hydrogen (secondary N) is 2. The summed E-state index contributed by atoms with van der Waals surface area (Å²) in [6, 6.07) is 20.1. The predicted molar refractivity (Wildman–Crippen MR) is 139 cm³/mol. The molecular weight excluding hydrogens is 466 g/mol. The van der Waals surface area contributed by atoms with E-state index in [1.54, 1.807) is 12.1 Å². The number of phenolic OH excluding ortho intramolecular Hbond substituents is 1. The molecule has 3 aromatic rings. The van der Waals surface area contributed by atoms with Crippen LogP contribution in [0.4, 0.5) is 5.69 Å². The number of benzene rings is 3. The molecule has 6 rings (SSSR count). The van der Waals surface area contributed by atoms with Crippen LogP contribution in [0.5, 0.6) is 5.75 Å². The highest BCUT2D eigenvalue weighted by atomic mass is 16.3. The number of amides is 3. The Bertz CT molecular complexity index is 1420. The quantitative estimate of drug-likeness (QED) is 0.472. The second kappa shape index (κ2) is 8.56. The first kappa shape index (κ1) is 23.4. The van der Waals surface area contributed by atoms with E-state index in [-0.39, 0.29) is 30.0 Å². The molecule has 0 bridgehead atoms. The van der Waals surface area contributed by atoms with Crippen LogP contribution in [0.2, 0.25) is 0 Å². The van der Waals surface area contributed by atoms with Gasteiger partial charge in [-0.2, -0.15) is 0 Å².